The van der Waals surface area contributed by atoms with Crippen LogP contribution in [-0.4, -0.2) is 11.9 Å². The number of rotatable bonds is 3. The Bertz CT molecular complexity index is 1040. The summed E-state index contributed by atoms with van der Waals surface area (Å²) in [7, 11) is 0. The molecule has 4 heteroatoms. The molecule has 3 N–H and O–H groups in total. The van der Waals surface area contributed by atoms with Gasteiger partial charge in [-0.15, -0.1) is 0 Å². The van der Waals surface area contributed by atoms with Crippen LogP contribution >= 0.6 is 0 Å². The van der Waals surface area contributed by atoms with Crippen LogP contribution in [0.1, 0.15) is 46.4 Å². The zero-order valence-electron chi connectivity index (χ0n) is 17.1. The minimum atomic E-state index is -0.0468. The van der Waals surface area contributed by atoms with E-state index in [1.54, 1.807) is 12.1 Å². The van der Waals surface area contributed by atoms with E-state index in [0.717, 1.165) is 23.4 Å². The van der Waals surface area contributed by atoms with Gasteiger partial charge in [-0.2, -0.15) is 0 Å². The van der Waals surface area contributed by atoms with Crippen LogP contribution in [-0.2, 0) is 0 Å². The zero-order chi connectivity index (χ0) is 20.5. The summed E-state index contributed by atoms with van der Waals surface area (Å²) in [6.45, 7) is 6.27. The first kappa shape index (κ1) is 19.1. The van der Waals surface area contributed by atoms with Crippen molar-refractivity contribution in [1.82, 2.24) is 0 Å². The number of benzene rings is 3. The second kappa shape index (κ2) is 7.63. The monoisotopic (exact) mass is 385 g/mol. The van der Waals surface area contributed by atoms with Crippen molar-refractivity contribution in [2.75, 3.05) is 16.0 Å². The zero-order valence-corrected chi connectivity index (χ0v) is 17.1. The van der Waals surface area contributed by atoms with Gasteiger partial charge < -0.3 is 16.0 Å². The molecule has 2 atom stereocenters. The number of fused-ring (bicyclic) bond motifs is 1. The number of para-hydroxylation sites is 1. The number of nitrogens with two attached hydrogens (primary N) is 1. The van der Waals surface area contributed by atoms with E-state index in [9.17, 15) is 4.79 Å². The van der Waals surface area contributed by atoms with Gasteiger partial charge in [0.15, 0.2) is 0 Å². The summed E-state index contributed by atoms with van der Waals surface area (Å²) in [5, 5.41) is 3.67. The lowest BCUT2D eigenvalue weighted by Crippen LogP contribution is -2.44. The van der Waals surface area contributed by atoms with E-state index < -0.39 is 0 Å². The fraction of sp³-hybridized carbons (Fsp3) is 0.240. The minimum Gasteiger partial charge on any atom is -0.398 e. The second-order valence-electron chi connectivity index (χ2n) is 7.97. The van der Waals surface area contributed by atoms with Crippen LogP contribution in [0.25, 0.3) is 0 Å². The molecule has 0 unspecified atom stereocenters. The number of carbonyl (C=O) groups is 1. The van der Waals surface area contributed by atoms with Crippen LogP contribution < -0.4 is 16.0 Å². The lowest BCUT2D eigenvalue weighted by molar-refractivity contribution is 0.0975. The van der Waals surface area contributed by atoms with E-state index in [2.05, 4.69) is 68.6 Å². The topological polar surface area (TPSA) is 58.4 Å². The summed E-state index contributed by atoms with van der Waals surface area (Å²) >= 11 is 0. The molecule has 4 nitrogen and oxygen atoms in total. The van der Waals surface area contributed by atoms with Crippen molar-refractivity contribution in [3.63, 3.8) is 0 Å². The van der Waals surface area contributed by atoms with Gasteiger partial charge in [0.1, 0.15) is 0 Å². The lowest BCUT2D eigenvalue weighted by Gasteiger charge is -2.40. The summed E-state index contributed by atoms with van der Waals surface area (Å²) in [5.74, 6) is -0.0468. The molecule has 3 aromatic carbocycles. The quantitative estimate of drug-likeness (QED) is 0.587. The molecule has 0 aromatic heterocycles. The molecule has 4 rings (SSSR count). The number of aryl methyl sites for hydroxylation is 2. The van der Waals surface area contributed by atoms with Crippen LogP contribution in [0.2, 0.25) is 0 Å². The highest BCUT2D eigenvalue weighted by atomic mass is 16.2. The molecule has 0 spiro atoms. The predicted octanol–water partition coefficient (Wildman–Crippen LogP) is 5.48. The number of nitrogens with one attached hydrogen (secondary N) is 1. The van der Waals surface area contributed by atoms with Gasteiger partial charge in [0.05, 0.1) is 11.6 Å². The normalized spacial score (nSPS) is 18.2. The number of amides is 1. The van der Waals surface area contributed by atoms with Crippen molar-refractivity contribution in [2.24, 2.45) is 0 Å². The summed E-state index contributed by atoms with van der Waals surface area (Å²) in [4.78, 5) is 15.3. The van der Waals surface area contributed by atoms with Gasteiger partial charge >= 0.3 is 0 Å². The number of hydrogen-bond donors (Lipinski definition) is 2. The van der Waals surface area contributed by atoms with E-state index in [1.165, 1.54) is 11.1 Å². The highest BCUT2D eigenvalue weighted by Crippen LogP contribution is 2.40. The lowest BCUT2D eigenvalue weighted by atomic mass is 9.89. The van der Waals surface area contributed by atoms with E-state index in [-0.39, 0.29) is 18.0 Å². The molecule has 0 saturated heterocycles. The van der Waals surface area contributed by atoms with Crippen LogP contribution in [0.4, 0.5) is 17.1 Å². The molecule has 0 saturated carbocycles. The summed E-state index contributed by atoms with van der Waals surface area (Å²) in [5.41, 5.74) is 12.8. The summed E-state index contributed by atoms with van der Waals surface area (Å²) < 4.78 is 0. The fourth-order valence-electron chi connectivity index (χ4n) is 4.10. The highest BCUT2D eigenvalue weighted by Gasteiger charge is 2.34. The van der Waals surface area contributed by atoms with Crippen LogP contribution in [0.5, 0.6) is 0 Å². The van der Waals surface area contributed by atoms with Crippen LogP contribution in [0, 0.1) is 13.8 Å². The number of nitrogens with zero attached hydrogens (tertiary/aromatic N) is 1. The van der Waals surface area contributed by atoms with Crippen molar-refractivity contribution in [1.29, 1.82) is 0 Å². The average Bonchev–Trinajstić information content (AvgIpc) is 2.70. The Morgan fingerprint density at radius 1 is 1.00 bits per heavy atom. The van der Waals surface area contributed by atoms with Gasteiger partial charge in [-0.05, 0) is 63.1 Å². The van der Waals surface area contributed by atoms with Crippen molar-refractivity contribution in [3.8, 4) is 0 Å². The molecule has 0 aliphatic carbocycles. The van der Waals surface area contributed by atoms with E-state index in [1.807, 2.05) is 17.0 Å². The SMILES string of the molecule is Cc1ccc(N[C@@H]2C[C@H](C)N(C(=O)c3ccccc3N)c3ccc(C)cc32)cc1. The average molecular weight is 386 g/mol. The molecule has 1 amide bonds. The number of carbonyl (C=O) groups excluding carboxylic acids is 1. The van der Waals surface area contributed by atoms with Crippen molar-refractivity contribution < 1.29 is 4.79 Å². The highest BCUT2D eigenvalue weighted by molar-refractivity contribution is 6.10. The molecule has 0 bridgehead atoms. The summed E-state index contributed by atoms with van der Waals surface area (Å²) in [6, 6.07) is 22.2. The number of hydrogen-bond acceptors (Lipinski definition) is 3. The van der Waals surface area contributed by atoms with Crippen LogP contribution in [0.15, 0.2) is 66.7 Å². The second-order valence-corrected chi connectivity index (χ2v) is 7.97. The molecule has 29 heavy (non-hydrogen) atoms. The Morgan fingerprint density at radius 2 is 1.69 bits per heavy atom. The Morgan fingerprint density at radius 3 is 2.41 bits per heavy atom. The maximum Gasteiger partial charge on any atom is 0.260 e. The van der Waals surface area contributed by atoms with E-state index >= 15 is 0 Å². The summed E-state index contributed by atoms with van der Waals surface area (Å²) in [6.07, 6.45) is 0.822. The maximum atomic E-state index is 13.4. The largest absolute Gasteiger partial charge is 0.398 e. The molecular formula is C25H27N3O. The van der Waals surface area contributed by atoms with Gasteiger partial charge in [0.25, 0.3) is 5.91 Å². The number of nitrogen functional groups attached to an aromatic ring is 1. The fourth-order valence-corrected chi connectivity index (χ4v) is 4.10. The molecule has 3 aromatic rings. The van der Waals surface area contributed by atoms with Crippen LogP contribution in [0.3, 0.4) is 0 Å². The first-order valence-electron chi connectivity index (χ1n) is 10.1. The first-order chi connectivity index (χ1) is 13.9. The molecule has 0 radical (unpaired) electrons. The van der Waals surface area contributed by atoms with Gasteiger partial charge in [-0.25, -0.2) is 0 Å². The Kier molecular flexibility index (Phi) is 5.01. The predicted molar refractivity (Wildman–Crippen MR) is 120 cm³/mol. The van der Waals surface area contributed by atoms with Gasteiger partial charge in [-0.3, -0.25) is 4.79 Å². The third kappa shape index (κ3) is 3.70. The van der Waals surface area contributed by atoms with Gasteiger partial charge in [-0.1, -0.05) is 47.5 Å². The van der Waals surface area contributed by atoms with E-state index in [0.29, 0.717) is 11.3 Å². The van der Waals surface area contributed by atoms with Crippen molar-refractivity contribution >= 4 is 23.0 Å². The Hall–Kier alpha value is -3.27. The Balaban J connectivity index is 1.73. The third-order valence-corrected chi connectivity index (χ3v) is 5.64. The number of anilines is 3. The van der Waals surface area contributed by atoms with Crippen molar-refractivity contribution in [2.45, 2.75) is 39.3 Å². The van der Waals surface area contributed by atoms with Crippen molar-refractivity contribution in [3.05, 3.63) is 89.0 Å². The van der Waals surface area contributed by atoms with Gasteiger partial charge in [0, 0.05) is 23.1 Å². The molecule has 1 aliphatic rings. The maximum absolute atomic E-state index is 13.4. The smallest absolute Gasteiger partial charge is 0.260 e. The Labute approximate surface area is 172 Å². The van der Waals surface area contributed by atoms with E-state index in [4.69, 9.17) is 5.73 Å². The molecule has 148 valence electrons. The molecule has 0 fully saturated rings. The minimum absolute atomic E-state index is 0.0419. The molecule has 1 aliphatic heterocycles. The first-order valence-corrected chi connectivity index (χ1v) is 10.1. The third-order valence-electron chi connectivity index (χ3n) is 5.64. The molecular weight excluding hydrogens is 358 g/mol. The standard InChI is InChI=1S/C25H27N3O/c1-16-8-11-19(12-9-16)27-23-15-18(3)28(24-13-10-17(2)14-21(23)24)25(29)20-6-4-5-7-22(20)26/h4-14,18,23,27H,15,26H2,1-3H3/t18-,23+/m0/s1. The molecule has 1 heterocycles. The van der Waals surface area contributed by atoms with Gasteiger partial charge in [0.2, 0.25) is 0 Å².